The summed E-state index contributed by atoms with van der Waals surface area (Å²) in [6.07, 6.45) is 0.0190. The molecule has 0 fully saturated rings. The Kier molecular flexibility index (Phi) is 8.78. The Morgan fingerprint density at radius 3 is 2.43 bits per heavy atom. The molecule has 0 aromatic carbocycles. The molecular formula is C17H23NO2Si. The maximum absolute atomic E-state index is 11.6. The van der Waals surface area contributed by atoms with Crippen LogP contribution >= 0.6 is 0 Å². The molecule has 3 nitrogen and oxygen atoms in total. The first-order valence-corrected chi connectivity index (χ1v) is 10.5. The van der Waals surface area contributed by atoms with Crippen molar-refractivity contribution in [1.29, 1.82) is 0 Å². The number of rotatable bonds is 3. The van der Waals surface area contributed by atoms with Crippen molar-refractivity contribution in [2.24, 2.45) is 0 Å². The van der Waals surface area contributed by atoms with Crippen molar-refractivity contribution in [3.05, 3.63) is 12.2 Å². The van der Waals surface area contributed by atoms with Crippen molar-refractivity contribution in [1.82, 2.24) is 4.90 Å². The number of carbonyl (C=O) groups is 1. The molecular weight excluding hydrogens is 278 g/mol. The maximum Gasteiger partial charge on any atom is 0.421 e. The van der Waals surface area contributed by atoms with Gasteiger partial charge in [-0.05, 0) is 18.4 Å². The summed E-state index contributed by atoms with van der Waals surface area (Å²) in [6, 6.07) is 3.60. The smallest absolute Gasteiger partial charge is 0.421 e. The van der Waals surface area contributed by atoms with Crippen LogP contribution in [0, 0.1) is 35.6 Å². The number of methoxy groups -OCH3 is 1. The van der Waals surface area contributed by atoms with Crippen molar-refractivity contribution in [2.75, 3.05) is 13.7 Å². The summed E-state index contributed by atoms with van der Waals surface area (Å²) in [5.74, 6) is 14.3. The number of allylic oxidation sites excluding steroid dienone is 1. The lowest BCUT2D eigenvalue weighted by Gasteiger charge is -2.11. The summed E-state index contributed by atoms with van der Waals surface area (Å²) in [4.78, 5) is 12.8. The molecule has 0 heterocycles. The van der Waals surface area contributed by atoms with E-state index in [1.165, 1.54) is 12.0 Å². The fourth-order valence-electron chi connectivity index (χ4n) is 1.13. The van der Waals surface area contributed by atoms with Gasteiger partial charge in [-0.3, -0.25) is 0 Å². The molecule has 0 N–H and O–H groups in total. The molecule has 112 valence electrons. The van der Waals surface area contributed by atoms with E-state index >= 15 is 0 Å². The highest BCUT2D eigenvalue weighted by Gasteiger charge is 2.10. The van der Waals surface area contributed by atoms with Crippen LogP contribution in [0.5, 0.6) is 0 Å². The van der Waals surface area contributed by atoms with Crippen molar-refractivity contribution in [2.45, 2.75) is 39.0 Å². The number of nitrogens with zero attached hydrogens (tertiary/aromatic N) is 1. The molecule has 0 spiro atoms. The lowest BCUT2D eigenvalue weighted by atomic mass is 10.3. The van der Waals surface area contributed by atoms with E-state index in [1.807, 2.05) is 6.92 Å². The lowest BCUT2D eigenvalue weighted by Crippen LogP contribution is -2.26. The molecule has 0 aromatic heterocycles. The van der Waals surface area contributed by atoms with Gasteiger partial charge in [0, 0.05) is 31.0 Å². The lowest BCUT2D eigenvalue weighted by molar-refractivity contribution is 0.143. The van der Waals surface area contributed by atoms with E-state index < -0.39 is 14.2 Å². The van der Waals surface area contributed by atoms with Crippen LogP contribution in [0.2, 0.25) is 25.7 Å². The molecule has 4 heteroatoms. The van der Waals surface area contributed by atoms with E-state index in [4.69, 9.17) is 0 Å². The average Bonchev–Trinajstić information content (AvgIpc) is 2.38. The first-order chi connectivity index (χ1) is 9.76. The van der Waals surface area contributed by atoms with Gasteiger partial charge in [0.15, 0.2) is 0 Å². The van der Waals surface area contributed by atoms with Gasteiger partial charge < -0.3 is 4.74 Å². The Morgan fingerprint density at radius 2 is 1.90 bits per heavy atom. The third kappa shape index (κ3) is 11.4. The SMILES string of the molecule is C=C(C)C#CCCN(C#CC#CC[Si](C)(C)C)C(=O)OC. The average molecular weight is 301 g/mol. The Morgan fingerprint density at radius 1 is 1.24 bits per heavy atom. The molecule has 0 aliphatic heterocycles. The minimum Gasteiger partial charge on any atom is -0.452 e. The van der Waals surface area contributed by atoms with Gasteiger partial charge in [0.2, 0.25) is 0 Å². The van der Waals surface area contributed by atoms with Gasteiger partial charge in [-0.1, -0.05) is 44.0 Å². The predicted molar refractivity (Wildman–Crippen MR) is 90.0 cm³/mol. The van der Waals surface area contributed by atoms with Crippen LogP contribution in [-0.4, -0.2) is 32.7 Å². The fourth-order valence-corrected chi connectivity index (χ4v) is 1.75. The van der Waals surface area contributed by atoms with Crippen LogP contribution < -0.4 is 0 Å². The van der Waals surface area contributed by atoms with Crippen LogP contribution in [0.4, 0.5) is 4.79 Å². The molecule has 0 atom stereocenters. The van der Waals surface area contributed by atoms with Gasteiger partial charge in [-0.25, -0.2) is 9.69 Å². The first kappa shape index (κ1) is 18.9. The topological polar surface area (TPSA) is 29.5 Å². The Balaban J connectivity index is 4.63. The zero-order valence-electron chi connectivity index (χ0n) is 13.6. The summed E-state index contributed by atoms with van der Waals surface area (Å²) in [6.45, 7) is 12.6. The predicted octanol–water partition coefficient (Wildman–Crippen LogP) is 3.33. The highest BCUT2D eigenvalue weighted by Crippen LogP contribution is 2.05. The fraction of sp³-hybridized carbons (Fsp3) is 0.471. The normalized spacial score (nSPS) is 9.00. The van der Waals surface area contributed by atoms with E-state index in [-0.39, 0.29) is 0 Å². The Hall–Kier alpha value is -2.09. The molecule has 0 unspecified atom stereocenters. The zero-order valence-corrected chi connectivity index (χ0v) is 14.6. The monoisotopic (exact) mass is 301 g/mol. The van der Waals surface area contributed by atoms with E-state index in [1.54, 1.807) is 0 Å². The van der Waals surface area contributed by atoms with Gasteiger partial charge in [0.1, 0.15) is 0 Å². The number of ether oxygens (including phenoxy) is 1. The molecule has 0 rings (SSSR count). The van der Waals surface area contributed by atoms with Crippen LogP contribution in [0.3, 0.4) is 0 Å². The van der Waals surface area contributed by atoms with Crippen molar-refractivity contribution >= 4 is 14.2 Å². The van der Waals surface area contributed by atoms with Gasteiger partial charge in [-0.2, -0.15) is 0 Å². The molecule has 0 saturated carbocycles. The number of carbonyl (C=O) groups excluding carboxylic acids is 1. The van der Waals surface area contributed by atoms with Crippen LogP contribution in [0.15, 0.2) is 12.2 Å². The van der Waals surface area contributed by atoms with Crippen molar-refractivity contribution in [3.63, 3.8) is 0 Å². The molecule has 0 bridgehead atoms. The molecule has 0 radical (unpaired) electrons. The summed E-state index contributed by atoms with van der Waals surface area (Å²) in [5, 5.41) is 0. The van der Waals surface area contributed by atoms with Crippen LogP contribution in [0.25, 0.3) is 0 Å². The third-order valence-corrected chi connectivity index (χ3v) is 3.36. The molecule has 0 aliphatic carbocycles. The van der Waals surface area contributed by atoms with E-state index in [9.17, 15) is 4.79 Å². The van der Waals surface area contributed by atoms with E-state index in [2.05, 4.69) is 66.6 Å². The summed E-state index contributed by atoms with van der Waals surface area (Å²) < 4.78 is 4.68. The van der Waals surface area contributed by atoms with Crippen molar-refractivity contribution in [3.8, 4) is 35.6 Å². The summed E-state index contributed by atoms with van der Waals surface area (Å²) >= 11 is 0. The maximum atomic E-state index is 11.6. The quantitative estimate of drug-likeness (QED) is 0.454. The van der Waals surface area contributed by atoms with Crippen LogP contribution in [0.1, 0.15) is 13.3 Å². The highest BCUT2D eigenvalue weighted by atomic mass is 28.3. The second-order valence-corrected chi connectivity index (χ2v) is 11.2. The van der Waals surface area contributed by atoms with Gasteiger partial charge >= 0.3 is 6.09 Å². The Bertz CT molecular complexity index is 553. The van der Waals surface area contributed by atoms with Gasteiger partial charge in [-0.15, -0.1) is 0 Å². The van der Waals surface area contributed by atoms with Gasteiger partial charge in [0.25, 0.3) is 0 Å². The first-order valence-electron chi connectivity index (χ1n) is 6.74. The number of hydrogen-bond donors (Lipinski definition) is 0. The summed E-state index contributed by atoms with van der Waals surface area (Å²) in [7, 11) is 0.154. The van der Waals surface area contributed by atoms with Crippen LogP contribution in [-0.2, 0) is 4.74 Å². The second-order valence-electron chi connectivity index (χ2n) is 5.73. The van der Waals surface area contributed by atoms with Crippen molar-refractivity contribution < 1.29 is 9.53 Å². The molecule has 21 heavy (non-hydrogen) atoms. The summed E-state index contributed by atoms with van der Waals surface area (Å²) in [5.41, 5.74) is 0.794. The minimum atomic E-state index is -1.17. The Labute approximate surface area is 129 Å². The molecule has 0 aliphatic rings. The zero-order chi connectivity index (χ0) is 16.3. The number of amides is 1. The molecule has 0 aromatic rings. The van der Waals surface area contributed by atoms with Gasteiger partial charge in [0.05, 0.1) is 15.2 Å². The standard InChI is InChI=1S/C17H23NO2Si/c1-16(2)12-8-10-14-18(17(19)20-3)13-9-7-11-15-21(4,5)6/h1,10,14-15H2,2-6H3. The van der Waals surface area contributed by atoms with E-state index in [0.29, 0.717) is 13.0 Å². The third-order valence-electron chi connectivity index (χ3n) is 2.12. The van der Waals surface area contributed by atoms with E-state index in [0.717, 1.165) is 11.6 Å². The molecule has 0 saturated heterocycles. The molecule has 1 amide bonds. The minimum absolute atomic E-state index is 0.385. The number of hydrogen-bond acceptors (Lipinski definition) is 2. The second kappa shape index (κ2) is 9.75. The largest absolute Gasteiger partial charge is 0.452 e. The highest BCUT2D eigenvalue weighted by molar-refractivity contribution is 6.76.